The van der Waals surface area contributed by atoms with Crippen LogP contribution in [0.2, 0.25) is 0 Å². The normalized spacial score (nSPS) is 17.4. The van der Waals surface area contributed by atoms with Crippen molar-refractivity contribution >= 4 is 23.2 Å². The van der Waals surface area contributed by atoms with Crippen LogP contribution in [-0.4, -0.2) is 57.7 Å². The molecule has 0 atom stereocenters. The maximum Gasteiger partial charge on any atom is 0.290 e. The average molecular weight is 421 g/mol. The first-order valence-electron chi connectivity index (χ1n) is 10.8. The molecule has 0 amide bonds. The van der Waals surface area contributed by atoms with Gasteiger partial charge in [0.15, 0.2) is 5.82 Å². The molecular weight excluding hydrogens is 392 g/mol. The summed E-state index contributed by atoms with van der Waals surface area (Å²) >= 11 is 0. The van der Waals surface area contributed by atoms with E-state index in [4.69, 9.17) is 19.9 Å². The number of anilines is 1. The largest absolute Gasteiger partial charge is 0.483 e. The van der Waals surface area contributed by atoms with Crippen LogP contribution in [0.1, 0.15) is 31.7 Å². The van der Waals surface area contributed by atoms with Crippen LogP contribution >= 0.6 is 0 Å². The molecule has 2 aliphatic heterocycles. The highest BCUT2D eigenvalue weighted by Crippen LogP contribution is 2.39. The van der Waals surface area contributed by atoms with Crippen molar-refractivity contribution < 1.29 is 9.90 Å². The first kappa shape index (κ1) is 21.1. The van der Waals surface area contributed by atoms with Crippen molar-refractivity contribution in [3.63, 3.8) is 0 Å². The Morgan fingerprint density at radius 2 is 1.87 bits per heavy atom. The Bertz CT molecular complexity index is 1030. The van der Waals surface area contributed by atoms with E-state index in [0.717, 1.165) is 60.7 Å². The zero-order chi connectivity index (χ0) is 21.7. The molecule has 31 heavy (non-hydrogen) atoms. The molecule has 0 unspecified atom stereocenters. The van der Waals surface area contributed by atoms with Crippen LogP contribution < -0.4 is 10.2 Å². The Morgan fingerprint density at radius 3 is 2.52 bits per heavy atom. The zero-order valence-electron chi connectivity index (χ0n) is 17.8. The third-order valence-corrected chi connectivity index (χ3v) is 6.44. The first-order chi connectivity index (χ1) is 15.2. The molecule has 2 aliphatic rings. The molecule has 0 saturated carbocycles. The molecule has 8 heteroatoms. The predicted molar refractivity (Wildman–Crippen MR) is 120 cm³/mol. The second-order valence-corrected chi connectivity index (χ2v) is 8.17. The van der Waals surface area contributed by atoms with E-state index in [2.05, 4.69) is 27.1 Å². The molecule has 0 aliphatic carbocycles. The van der Waals surface area contributed by atoms with Gasteiger partial charge in [-0.1, -0.05) is 6.92 Å². The molecule has 2 N–H and O–H groups in total. The maximum atomic E-state index is 8.36. The zero-order valence-corrected chi connectivity index (χ0v) is 17.8. The quantitative estimate of drug-likeness (QED) is 0.623. The minimum absolute atomic E-state index is 0.250. The predicted octanol–water partition coefficient (Wildman–Crippen LogP) is 2.93. The van der Waals surface area contributed by atoms with Crippen molar-refractivity contribution in [2.75, 3.05) is 31.1 Å². The third kappa shape index (κ3) is 4.34. The maximum absolute atomic E-state index is 8.36. The number of aryl methyl sites for hydroxylation is 1. The summed E-state index contributed by atoms with van der Waals surface area (Å²) < 4.78 is 0. The number of hydrogen-bond acceptors (Lipinski definition) is 7. The van der Waals surface area contributed by atoms with Crippen molar-refractivity contribution in [2.24, 2.45) is 5.41 Å². The van der Waals surface area contributed by atoms with Crippen LogP contribution in [0.5, 0.6) is 0 Å². The molecule has 5 heterocycles. The van der Waals surface area contributed by atoms with Gasteiger partial charge in [-0.15, -0.1) is 0 Å². The van der Waals surface area contributed by atoms with Crippen molar-refractivity contribution in [3.8, 4) is 11.4 Å². The number of rotatable bonds is 3. The summed E-state index contributed by atoms with van der Waals surface area (Å²) in [6.07, 6.45) is 12.1. The molecule has 0 radical (unpaired) electrons. The van der Waals surface area contributed by atoms with Gasteiger partial charge in [0.05, 0.1) is 11.7 Å². The number of nitrogens with one attached hydrogen (secondary N) is 1. The Kier molecular flexibility index (Phi) is 6.36. The van der Waals surface area contributed by atoms with Gasteiger partial charge in [-0.05, 0) is 55.3 Å². The Morgan fingerprint density at radius 1 is 1.13 bits per heavy atom. The van der Waals surface area contributed by atoms with Crippen LogP contribution in [0.4, 0.5) is 5.82 Å². The van der Waals surface area contributed by atoms with E-state index in [0.29, 0.717) is 5.41 Å². The van der Waals surface area contributed by atoms with E-state index in [1.54, 1.807) is 12.4 Å². The number of nitrogens with zero attached hydrogens (tertiary/aromatic N) is 5. The van der Waals surface area contributed by atoms with Gasteiger partial charge in [-0.3, -0.25) is 14.8 Å². The van der Waals surface area contributed by atoms with E-state index >= 15 is 0 Å². The molecule has 0 bridgehead atoms. The van der Waals surface area contributed by atoms with Gasteiger partial charge < -0.3 is 15.3 Å². The summed E-state index contributed by atoms with van der Waals surface area (Å²) in [6, 6.07) is 3.94. The highest BCUT2D eigenvalue weighted by Gasteiger charge is 2.37. The molecule has 2 fully saturated rings. The number of aromatic nitrogens is 4. The highest BCUT2D eigenvalue weighted by molar-refractivity contribution is 5.93. The Balaban J connectivity index is 0.000000730. The first-order valence-corrected chi connectivity index (χ1v) is 10.8. The molecule has 3 aromatic rings. The summed E-state index contributed by atoms with van der Waals surface area (Å²) in [5, 5.41) is 11.6. The van der Waals surface area contributed by atoms with Gasteiger partial charge >= 0.3 is 0 Å². The lowest BCUT2D eigenvalue weighted by Gasteiger charge is -2.40. The van der Waals surface area contributed by atoms with Gasteiger partial charge in [-0.25, -0.2) is 9.97 Å². The van der Waals surface area contributed by atoms with Gasteiger partial charge in [0, 0.05) is 49.2 Å². The van der Waals surface area contributed by atoms with E-state index in [1.165, 1.54) is 24.8 Å². The fraction of sp³-hybridized carbons (Fsp3) is 0.435. The van der Waals surface area contributed by atoms with Gasteiger partial charge in [-0.2, -0.15) is 0 Å². The molecule has 0 aromatic carbocycles. The number of pyridine rings is 2. The highest BCUT2D eigenvalue weighted by atomic mass is 16.3. The SMILES string of the molecule is CCc1cncc2nc(-c3ccncc3)nc(N3CCC4(CCNC4)CC3)c12.O=CO. The summed E-state index contributed by atoms with van der Waals surface area (Å²) in [7, 11) is 0. The molecule has 8 nitrogen and oxygen atoms in total. The van der Waals surface area contributed by atoms with E-state index in [9.17, 15) is 0 Å². The van der Waals surface area contributed by atoms with Crippen molar-refractivity contribution in [3.05, 3.63) is 42.5 Å². The molecular formula is C23H28N6O2. The second kappa shape index (κ2) is 9.34. The minimum atomic E-state index is -0.250. The number of carboxylic acid groups (broad SMARTS) is 1. The second-order valence-electron chi connectivity index (χ2n) is 8.17. The topological polar surface area (TPSA) is 104 Å². The van der Waals surface area contributed by atoms with Crippen molar-refractivity contribution in [1.29, 1.82) is 0 Å². The smallest absolute Gasteiger partial charge is 0.290 e. The lowest BCUT2D eigenvalue weighted by molar-refractivity contribution is -0.122. The van der Waals surface area contributed by atoms with Crippen LogP contribution in [0.15, 0.2) is 36.9 Å². The molecule has 162 valence electrons. The van der Waals surface area contributed by atoms with E-state index in [1.807, 2.05) is 24.5 Å². The average Bonchev–Trinajstić information content (AvgIpc) is 3.27. The Labute approximate surface area is 181 Å². The number of fused-ring (bicyclic) bond motifs is 1. The number of hydrogen-bond donors (Lipinski definition) is 2. The summed E-state index contributed by atoms with van der Waals surface area (Å²) in [5.41, 5.74) is 3.63. The molecule has 3 aromatic heterocycles. The number of piperidine rings is 1. The van der Waals surface area contributed by atoms with Gasteiger partial charge in [0.25, 0.3) is 6.47 Å². The standard InChI is InChI=1S/C22H26N6.CH2O2/c1-2-16-13-25-14-18-19(16)21(27-20(26-18)17-3-8-23-9-4-17)28-11-6-22(7-12-28)5-10-24-15-22;2-1-3/h3-4,8-9,13-14,24H,2,5-7,10-12,15H2,1H3;1H,(H,2,3). The molecule has 5 rings (SSSR count). The minimum Gasteiger partial charge on any atom is -0.483 e. The number of carbonyl (C=O) groups is 1. The fourth-order valence-electron chi connectivity index (χ4n) is 4.67. The van der Waals surface area contributed by atoms with Crippen LogP contribution in [0.3, 0.4) is 0 Å². The Hall–Kier alpha value is -3.13. The lowest BCUT2D eigenvalue weighted by atomic mass is 9.78. The molecule has 2 saturated heterocycles. The van der Waals surface area contributed by atoms with E-state index in [-0.39, 0.29) is 6.47 Å². The van der Waals surface area contributed by atoms with Gasteiger partial charge in [0.2, 0.25) is 0 Å². The summed E-state index contributed by atoms with van der Waals surface area (Å²) in [6.45, 7) is 6.35. The van der Waals surface area contributed by atoms with Crippen LogP contribution in [0.25, 0.3) is 22.3 Å². The third-order valence-electron chi connectivity index (χ3n) is 6.44. The molecule has 1 spiro atoms. The summed E-state index contributed by atoms with van der Waals surface area (Å²) in [4.78, 5) is 29.3. The van der Waals surface area contributed by atoms with E-state index < -0.39 is 0 Å². The van der Waals surface area contributed by atoms with Crippen molar-refractivity contribution in [2.45, 2.75) is 32.6 Å². The monoisotopic (exact) mass is 420 g/mol. The fourth-order valence-corrected chi connectivity index (χ4v) is 4.67. The van der Waals surface area contributed by atoms with Crippen LogP contribution in [0, 0.1) is 5.41 Å². The lowest BCUT2D eigenvalue weighted by Crippen LogP contribution is -2.41. The summed E-state index contributed by atoms with van der Waals surface area (Å²) in [5.74, 6) is 1.82. The van der Waals surface area contributed by atoms with Crippen LogP contribution in [-0.2, 0) is 11.2 Å². The van der Waals surface area contributed by atoms with Crippen molar-refractivity contribution in [1.82, 2.24) is 25.3 Å². The van der Waals surface area contributed by atoms with Gasteiger partial charge in [0.1, 0.15) is 5.82 Å².